The van der Waals surface area contributed by atoms with Gasteiger partial charge in [0.2, 0.25) is 0 Å². The van der Waals surface area contributed by atoms with Crippen molar-refractivity contribution >= 4 is 17.9 Å². The van der Waals surface area contributed by atoms with E-state index in [-0.39, 0.29) is 6.42 Å². The minimum Gasteiger partial charge on any atom is -0.480 e. The van der Waals surface area contributed by atoms with Crippen LogP contribution in [-0.2, 0) is 16.0 Å². The molecule has 2 heterocycles. The van der Waals surface area contributed by atoms with Crippen LogP contribution in [0.25, 0.3) is 0 Å². The van der Waals surface area contributed by atoms with Crippen molar-refractivity contribution in [3.63, 3.8) is 0 Å². The van der Waals surface area contributed by atoms with Crippen molar-refractivity contribution in [3.05, 3.63) is 23.9 Å². The van der Waals surface area contributed by atoms with Gasteiger partial charge in [0.05, 0.1) is 0 Å². The molecular formula is C13H16N2O4. The van der Waals surface area contributed by atoms with Crippen molar-refractivity contribution in [2.45, 2.75) is 38.8 Å². The molecule has 1 atom stereocenters. The Morgan fingerprint density at radius 3 is 2.74 bits per heavy atom. The summed E-state index contributed by atoms with van der Waals surface area (Å²) in [5.74, 6) is -0.701. The second-order valence-corrected chi connectivity index (χ2v) is 5.39. The minimum atomic E-state index is -1.07. The van der Waals surface area contributed by atoms with E-state index >= 15 is 0 Å². The molecule has 0 saturated heterocycles. The van der Waals surface area contributed by atoms with Gasteiger partial charge in [0.15, 0.2) is 0 Å². The number of carbonyl (C=O) groups is 2. The fourth-order valence-electron chi connectivity index (χ4n) is 1.98. The van der Waals surface area contributed by atoms with Crippen LogP contribution in [0.3, 0.4) is 0 Å². The van der Waals surface area contributed by atoms with E-state index in [1.165, 1.54) is 6.20 Å². The third-order valence-electron chi connectivity index (χ3n) is 2.70. The van der Waals surface area contributed by atoms with Gasteiger partial charge in [-0.1, -0.05) is 6.07 Å². The van der Waals surface area contributed by atoms with Gasteiger partial charge in [-0.25, -0.2) is 19.5 Å². The summed E-state index contributed by atoms with van der Waals surface area (Å²) in [5, 5.41) is 9.23. The van der Waals surface area contributed by atoms with Gasteiger partial charge in [-0.2, -0.15) is 0 Å². The lowest BCUT2D eigenvalue weighted by Gasteiger charge is -2.26. The molecule has 0 aromatic carbocycles. The summed E-state index contributed by atoms with van der Waals surface area (Å²) < 4.78 is 5.24. The molecule has 0 saturated carbocycles. The number of rotatable bonds is 1. The molecule has 1 aliphatic rings. The molecule has 0 aliphatic carbocycles. The number of ether oxygens (including phenoxy) is 1. The predicted molar refractivity (Wildman–Crippen MR) is 68.1 cm³/mol. The number of carboxylic acid groups (broad SMARTS) is 1. The number of amides is 1. The number of fused-ring (bicyclic) bond motifs is 1. The first-order valence-corrected chi connectivity index (χ1v) is 5.98. The highest BCUT2D eigenvalue weighted by molar-refractivity contribution is 5.97. The normalized spacial score (nSPS) is 18.1. The van der Waals surface area contributed by atoms with Crippen molar-refractivity contribution < 1.29 is 19.4 Å². The first kappa shape index (κ1) is 13.3. The fourth-order valence-corrected chi connectivity index (χ4v) is 1.98. The summed E-state index contributed by atoms with van der Waals surface area (Å²) in [4.78, 5) is 28.6. The van der Waals surface area contributed by atoms with Crippen LogP contribution in [-0.4, -0.2) is 33.8 Å². The van der Waals surface area contributed by atoms with Gasteiger partial charge in [-0.05, 0) is 32.4 Å². The lowest BCUT2D eigenvalue weighted by Crippen LogP contribution is -2.45. The zero-order valence-corrected chi connectivity index (χ0v) is 11.1. The number of pyridine rings is 1. The van der Waals surface area contributed by atoms with Crippen LogP contribution in [0.4, 0.5) is 10.6 Å². The molecule has 19 heavy (non-hydrogen) atoms. The number of aliphatic carboxylic acids is 1. The SMILES string of the molecule is CC(C)(C)OC(=O)N1c2ncccc2C[C@@H]1C(=O)O. The third kappa shape index (κ3) is 2.67. The van der Waals surface area contributed by atoms with Crippen LogP contribution in [0.2, 0.25) is 0 Å². The number of carbonyl (C=O) groups excluding carboxylic acids is 1. The number of anilines is 1. The maximum atomic E-state index is 12.1. The van der Waals surface area contributed by atoms with Gasteiger partial charge in [-0.15, -0.1) is 0 Å². The Bertz CT molecular complexity index is 522. The lowest BCUT2D eigenvalue weighted by molar-refractivity contribution is -0.138. The Hall–Kier alpha value is -2.11. The number of nitrogens with zero attached hydrogens (tertiary/aromatic N) is 2. The number of hydrogen-bond acceptors (Lipinski definition) is 4. The quantitative estimate of drug-likeness (QED) is 0.837. The van der Waals surface area contributed by atoms with E-state index in [0.29, 0.717) is 5.82 Å². The summed E-state index contributed by atoms with van der Waals surface area (Å²) in [6.45, 7) is 5.20. The van der Waals surface area contributed by atoms with Gasteiger partial charge >= 0.3 is 12.1 Å². The van der Waals surface area contributed by atoms with Gasteiger partial charge < -0.3 is 9.84 Å². The highest BCUT2D eigenvalue weighted by Crippen LogP contribution is 2.31. The number of hydrogen-bond donors (Lipinski definition) is 1. The predicted octanol–water partition coefficient (Wildman–Crippen LogP) is 1.83. The summed E-state index contributed by atoms with van der Waals surface area (Å²) >= 11 is 0. The fraction of sp³-hybridized carbons (Fsp3) is 0.462. The number of carboxylic acids is 1. The first-order valence-electron chi connectivity index (χ1n) is 5.98. The summed E-state index contributed by atoms with van der Waals surface area (Å²) in [5.41, 5.74) is 0.0539. The summed E-state index contributed by atoms with van der Waals surface area (Å²) in [6.07, 6.45) is 1.09. The average molecular weight is 264 g/mol. The van der Waals surface area contributed by atoms with Crippen LogP contribution in [0.5, 0.6) is 0 Å². The van der Waals surface area contributed by atoms with Gasteiger partial charge in [0.1, 0.15) is 17.5 Å². The van der Waals surface area contributed by atoms with Crippen LogP contribution >= 0.6 is 0 Å². The first-order chi connectivity index (χ1) is 8.79. The highest BCUT2D eigenvalue weighted by atomic mass is 16.6. The van der Waals surface area contributed by atoms with Crippen LogP contribution in [0, 0.1) is 0 Å². The monoisotopic (exact) mass is 264 g/mol. The average Bonchev–Trinajstić information content (AvgIpc) is 2.65. The Kier molecular flexibility index (Phi) is 3.18. The van der Waals surface area contributed by atoms with E-state index in [0.717, 1.165) is 10.5 Å². The van der Waals surface area contributed by atoms with E-state index < -0.39 is 23.7 Å². The molecular weight excluding hydrogens is 248 g/mol. The zero-order chi connectivity index (χ0) is 14.2. The maximum absolute atomic E-state index is 12.1. The number of aromatic nitrogens is 1. The molecule has 1 N–H and O–H groups in total. The molecule has 0 unspecified atom stereocenters. The Labute approximate surface area is 111 Å². The molecule has 2 rings (SSSR count). The topological polar surface area (TPSA) is 79.7 Å². The summed E-state index contributed by atoms with van der Waals surface area (Å²) in [7, 11) is 0. The van der Waals surface area contributed by atoms with Crippen LogP contribution in [0.15, 0.2) is 18.3 Å². The molecule has 1 aromatic heterocycles. The van der Waals surface area contributed by atoms with Gasteiger partial charge in [0.25, 0.3) is 0 Å². The van der Waals surface area contributed by atoms with Crippen molar-refractivity contribution in [1.29, 1.82) is 0 Å². The zero-order valence-electron chi connectivity index (χ0n) is 11.1. The molecule has 0 radical (unpaired) electrons. The second-order valence-electron chi connectivity index (χ2n) is 5.39. The maximum Gasteiger partial charge on any atom is 0.416 e. The van der Waals surface area contributed by atoms with Crippen molar-refractivity contribution in [1.82, 2.24) is 4.98 Å². The highest BCUT2D eigenvalue weighted by Gasteiger charge is 2.41. The van der Waals surface area contributed by atoms with Crippen molar-refractivity contribution in [3.8, 4) is 0 Å². The van der Waals surface area contributed by atoms with E-state index in [2.05, 4.69) is 4.98 Å². The van der Waals surface area contributed by atoms with Crippen molar-refractivity contribution in [2.24, 2.45) is 0 Å². The van der Waals surface area contributed by atoms with Gasteiger partial charge in [0, 0.05) is 12.6 Å². The molecule has 0 spiro atoms. The van der Waals surface area contributed by atoms with E-state index in [1.54, 1.807) is 32.9 Å². The van der Waals surface area contributed by atoms with Gasteiger partial charge in [-0.3, -0.25) is 0 Å². The van der Waals surface area contributed by atoms with E-state index in [9.17, 15) is 14.7 Å². The molecule has 1 amide bonds. The van der Waals surface area contributed by atoms with Crippen molar-refractivity contribution in [2.75, 3.05) is 4.90 Å². The Morgan fingerprint density at radius 1 is 1.47 bits per heavy atom. The molecule has 102 valence electrons. The largest absolute Gasteiger partial charge is 0.480 e. The third-order valence-corrected chi connectivity index (χ3v) is 2.70. The van der Waals surface area contributed by atoms with E-state index in [4.69, 9.17) is 4.74 Å². The lowest BCUT2D eigenvalue weighted by atomic mass is 10.1. The van der Waals surface area contributed by atoms with E-state index in [1.807, 2.05) is 0 Å². The second kappa shape index (κ2) is 4.53. The molecule has 1 aromatic rings. The van der Waals surface area contributed by atoms with Crippen LogP contribution < -0.4 is 4.90 Å². The Morgan fingerprint density at radius 2 is 2.16 bits per heavy atom. The molecule has 6 heteroatoms. The van der Waals surface area contributed by atoms with Crippen LogP contribution in [0.1, 0.15) is 26.3 Å². The smallest absolute Gasteiger partial charge is 0.416 e. The molecule has 1 aliphatic heterocycles. The molecule has 0 fully saturated rings. The standard InChI is InChI=1S/C13H16N2O4/c1-13(2,3)19-12(18)15-9(11(16)17)7-8-5-4-6-14-10(8)15/h4-6,9H,7H2,1-3H3,(H,16,17)/t9-/m1/s1. The molecule has 0 bridgehead atoms. The Balaban J connectivity index is 2.34. The minimum absolute atomic E-state index is 0.248. The molecule has 6 nitrogen and oxygen atoms in total. The summed E-state index contributed by atoms with van der Waals surface area (Å²) in [6, 6.07) is 2.53.